The van der Waals surface area contributed by atoms with Crippen molar-refractivity contribution in [3.63, 3.8) is 0 Å². The summed E-state index contributed by atoms with van der Waals surface area (Å²) in [6, 6.07) is 7.41. The molecule has 0 spiro atoms. The Morgan fingerprint density at radius 2 is 2.19 bits per heavy atom. The predicted molar refractivity (Wildman–Crippen MR) is 80.9 cm³/mol. The number of carbonyl (C=O) groups is 1. The van der Waals surface area contributed by atoms with E-state index in [1.54, 1.807) is 11.7 Å². The van der Waals surface area contributed by atoms with E-state index in [1.807, 2.05) is 24.3 Å². The van der Waals surface area contributed by atoms with Crippen LogP contribution in [-0.4, -0.2) is 31.7 Å². The number of carbonyl (C=O) groups excluding carboxylic acids is 1. The summed E-state index contributed by atoms with van der Waals surface area (Å²) in [5.74, 6) is 0.518. The summed E-state index contributed by atoms with van der Waals surface area (Å²) in [4.78, 5) is 12.1. The minimum Gasteiger partial charge on any atom is -0.324 e. The summed E-state index contributed by atoms with van der Waals surface area (Å²) in [5, 5.41) is 14.2. The number of tetrazole rings is 1. The standard InChI is InChI=1S/C13H16N6O.ClH/c1-19-11(16-17-18-19)9-4-2-5-10(8-9)15-12(20)13(14)6-3-7-13;/h2,4-5,8H,3,6-7,14H2,1H3,(H,15,20);1H. The molecule has 1 aliphatic carbocycles. The zero-order valence-electron chi connectivity index (χ0n) is 11.6. The molecule has 8 heteroatoms. The van der Waals surface area contributed by atoms with Crippen LogP contribution in [0.25, 0.3) is 11.4 Å². The van der Waals surface area contributed by atoms with Crippen molar-refractivity contribution in [2.75, 3.05) is 5.32 Å². The van der Waals surface area contributed by atoms with Gasteiger partial charge in [-0.05, 0) is 41.8 Å². The van der Waals surface area contributed by atoms with Crippen LogP contribution in [0.3, 0.4) is 0 Å². The lowest BCUT2D eigenvalue weighted by molar-refractivity contribution is -0.123. The fourth-order valence-corrected chi connectivity index (χ4v) is 2.25. The summed E-state index contributed by atoms with van der Waals surface area (Å²) in [7, 11) is 1.77. The highest BCUT2D eigenvalue weighted by atomic mass is 35.5. The fourth-order valence-electron chi connectivity index (χ4n) is 2.25. The highest BCUT2D eigenvalue weighted by molar-refractivity contribution is 5.98. The monoisotopic (exact) mass is 308 g/mol. The van der Waals surface area contributed by atoms with Crippen molar-refractivity contribution in [3.05, 3.63) is 24.3 Å². The molecule has 0 radical (unpaired) electrons. The Hall–Kier alpha value is -1.99. The van der Waals surface area contributed by atoms with Gasteiger partial charge in [0.15, 0.2) is 5.82 Å². The third-order valence-corrected chi connectivity index (χ3v) is 3.70. The average Bonchev–Trinajstić information content (AvgIpc) is 2.82. The molecule has 1 heterocycles. The zero-order chi connectivity index (χ0) is 14.2. The van der Waals surface area contributed by atoms with Crippen molar-refractivity contribution < 1.29 is 4.79 Å². The molecule has 0 atom stereocenters. The number of aromatic nitrogens is 4. The summed E-state index contributed by atoms with van der Waals surface area (Å²) in [5.41, 5.74) is 6.84. The Kier molecular flexibility index (Phi) is 4.24. The molecule has 1 saturated carbocycles. The van der Waals surface area contributed by atoms with Crippen LogP contribution in [0.1, 0.15) is 19.3 Å². The van der Waals surface area contributed by atoms with Gasteiger partial charge in [0.1, 0.15) is 0 Å². The largest absolute Gasteiger partial charge is 0.324 e. The van der Waals surface area contributed by atoms with Gasteiger partial charge in [-0.25, -0.2) is 4.68 Å². The molecule has 0 saturated heterocycles. The number of amides is 1. The summed E-state index contributed by atoms with van der Waals surface area (Å²) in [6.45, 7) is 0. The molecule has 21 heavy (non-hydrogen) atoms. The molecule has 0 unspecified atom stereocenters. The lowest BCUT2D eigenvalue weighted by atomic mass is 9.77. The first-order valence-corrected chi connectivity index (χ1v) is 6.52. The maximum absolute atomic E-state index is 12.1. The van der Waals surface area contributed by atoms with Crippen molar-refractivity contribution >= 4 is 24.0 Å². The quantitative estimate of drug-likeness (QED) is 0.885. The number of halogens is 1. The Morgan fingerprint density at radius 1 is 1.43 bits per heavy atom. The second-order valence-electron chi connectivity index (χ2n) is 5.17. The van der Waals surface area contributed by atoms with Gasteiger partial charge in [-0.1, -0.05) is 12.1 Å². The van der Waals surface area contributed by atoms with Crippen LogP contribution in [0, 0.1) is 0 Å². The highest BCUT2D eigenvalue weighted by Gasteiger charge is 2.40. The van der Waals surface area contributed by atoms with Crippen LogP contribution in [-0.2, 0) is 11.8 Å². The second kappa shape index (κ2) is 5.79. The SMILES string of the molecule is Cl.Cn1nnnc1-c1cccc(NC(=O)C2(N)CCC2)c1. The minimum atomic E-state index is -0.706. The molecule has 2 aromatic rings. The van der Waals surface area contributed by atoms with Crippen molar-refractivity contribution in [3.8, 4) is 11.4 Å². The van der Waals surface area contributed by atoms with Gasteiger partial charge in [-0.2, -0.15) is 0 Å². The van der Waals surface area contributed by atoms with E-state index in [0.29, 0.717) is 11.5 Å². The van der Waals surface area contributed by atoms with E-state index in [-0.39, 0.29) is 18.3 Å². The van der Waals surface area contributed by atoms with Gasteiger partial charge in [-0.3, -0.25) is 4.79 Å². The fraction of sp³-hybridized carbons (Fsp3) is 0.385. The number of hydrogen-bond acceptors (Lipinski definition) is 5. The van der Waals surface area contributed by atoms with Crippen molar-refractivity contribution in [1.29, 1.82) is 0 Å². The maximum atomic E-state index is 12.1. The minimum absolute atomic E-state index is 0. The molecule has 7 nitrogen and oxygen atoms in total. The van der Waals surface area contributed by atoms with Crippen LogP contribution in [0.5, 0.6) is 0 Å². The van der Waals surface area contributed by atoms with Gasteiger partial charge in [-0.15, -0.1) is 17.5 Å². The maximum Gasteiger partial charge on any atom is 0.244 e. The van der Waals surface area contributed by atoms with E-state index in [4.69, 9.17) is 5.73 Å². The number of anilines is 1. The van der Waals surface area contributed by atoms with Gasteiger partial charge in [0.25, 0.3) is 0 Å². The molecule has 3 N–H and O–H groups in total. The van der Waals surface area contributed by atoms with E-state index < -0.39 is 5.54 Å². The zero-order valence-corrected chi connectivity index (χ0v) is 12.4. The van der Waals surface area contributed by atoms with Crippen molar-refractivity contribution in [1.82, 2.24) is 20.2 Å². The van der Waals surface area contributed by atoms with Gasteiger partial charge in [0.05, 0.1) is 5.54 Å². The van der Waals surface area contributed by atoms with Crippen molar-refractivity contribution in [2.45, 2.75) is 24.8 Å². The van der Waals surface area contributed by atoms with E-state index in [9.17, 15) is 4.79 Å². The van der Waals surface area contributed by atoms with Gasteiger partial charge in [0.2, 0.25) is 5.91 Å². The molecule has 1 aliphatic rings. The second-order valence-corrected chi connectivity index (χ2v) is 5.17. The average molecular weight is 309 g/mol. The number of nitrogens with zero attached hydrogens (tertiary/aromatic N) is 4. The molecule has 112 valence electrons. The molecule has 0 bridgehead atoms. The normalized spacial score (nSPS) is 15.7. The Balaban J connectivity index is 0.00000161. The van der Waals surface area contributed by atoms with Crippen LogP contribution >= 0.6 is 12.4 Å². The number of rotatable bonds is 3. The van der Waals surface area contributed by atoms with Crippen LogP contribution in [0.15, 0.2) is 24.3 Å². The van der Waals surface area contributed by atoms with Gasteiger partial charge >= 0.3 is 0 Å². The number of benzene rings is 1. The highest BCUT2D eigenvalue weighted by Crippen LogP contribution is 2.30. The van der Waals surface area contributed by atoms with Crippen molar-refractivity contribution in [2.24, 2.45) is 12.8 Å². The lowest BCUT2D eigenvalue weighted by Gasteiger charge is -2.36. The third-order valence-electron chi connectivity index (χ3n) is 3.70. The predicted octanol–water partition coefficient (Wildman–Crippen LogP) is 1.12. The first kappa shape index (κ1) is 15.4. The van der Waals surface area contributed by atoms with E-state index in [0.717, 1.165) is 24.8 Å². The number of aryl methyl sites for hydroxylation is 1. The van der Waals surface area contributed by atoms with E-state index in [1.165, 1.54) is 0 Å². The van der Waals surface area contributed by atoms with Gasteiger partial charge < -0.3 is 11.1 Å². The van der Waals surface area contributed by atoms with Gasteiger partial charge in [0, 0.05) is 18.3 Å². The molecule has 1 amide bonds. The molecule has 1 aromatic heterocycles. The van der Waals surface area contributed by atoms with Crippen LogP contribution in [0.2, 0.25) is 0 Å². The molecule has 3 rings (SSSR count). The number of nitrogens with one attached hydrogen (secondary N) is 1. The number of hydrogen-bond donors (Lipinski definition) is 2. The first-order valence-electron chi connectivity index (χ1n) is 6.52. The third kappa shape index (κ3) is 2.88. The van der Waals surface area contributed by atoms with E-state index in [2.05, 4.69) is 20.8 Å². The summed E-state index contributed by atoms with van der Waals surface area (Å²) >= 11 is 0. The topological polar surface area (TPSA) is 98.7 Å². The summed E-state index contributed by atoms with van der Waals surface area (Å²) in [6.07, 6.45) is 2.49. The smallest absolute Gasteiger partial charge is 0.244 e. The molecule has 1 aromatic carbocycles. The lowest BCUT2D eigenvalue weighted by Crippen LogP contribution is -2.56. The van der Waals surface area contributed by atoms with Crippen LogP contribution in [0.4, 0.5) is 5.69 Å². The van der Waals surface area contributed by atoms with Crippen LogP contribution < -0.4 is 11.1 Å². The molecular formula is C13H17ClN6O. The Labute approximate surface area is 128 Å². The summed E-state index contributed by atoms with van der Waals surface area (Å²) < 4.78 is 1.58. The molecule has 1 fully saturated rings. The van der Waals surface area contributed by atoms with E-state index >= 15 is 0 Å². The number of nitrogens with two attached hydrogens (primary N) is 1. The Bertz CT molecular complexity index is 652. The first-order chi connectivity index (χ1) is 9.58. The Morgan fingerprint density at radius 3 is 2.76 bits per heavy atom. The molecular weight excluding hydrogens is 292 g/mol. The molecule has 0 aliphatic heterocycles.